The van der Waals surface area contributed by atoms with Crippen LogP contribution in [0.1, 0.15) is 77.9 Å². The van der Waals surface area contributed by atoms with Gasteiger partial charge in [0.05, 0.1) is 13.5 Å². The molecule has 0 radical (unpaired) electrons. The maximum absolute atomic E-state index is 13.0. The number of fused-ring (bicyclic) bond motifs is 1. The Bertz CT molecular complexity index is 792. The largest absolute Gasteiger partial charge is 0.466 e. The molecule has 0 bridgehead atoms. The molecular formula is C25H34O4. The van der Waals surface area contributed by atoms with Crippen molar-refractivity contribution in [3.05, 3.63) is 47.0 Å². The topological polar surface area (TPSA) is 52.6 Å². The Morgan fingerprint density at radius 2 is 1.83 bits per heavy atom. The summed E-state index contributed by atoms with van der Waals surface area (Å²) in [4.78, 5) is 25.2. The van der Waals surface area contributed by atoms with Crippen LogP contribution in [0.2, 0.25) is 0 Å². The average molecular weight is 399 g/mol. The summed E-state index contributed by atoms with van der Waals surface area (Å²) in [5.41, 5.74) is 3.47. The molecule has 1 aromatic rings. The van der Waals surface area contributed by atoms with E-state index in [1.807, 2.05) is 18.2 Å². The van der Waals surface area contributed by atoms with Gasteiger partial charge in [-0.15, -0.1) is 0 Å². The Hall–Kier alpha value is -2.10. The number of hydrogen-bond donors (Lipinski definition) is 0. The number of benzene rings is 1. The maximum atomic E-state index is 13.0. The lowest BCUT2D eigenvalue weighted by molar-refractivity contribution is -0.166. The first kappa shape index (κ1) is 21.6. The molecule has 3 rings (SSSR count). The SMILES string of the molecule is COC(=O)[C@@H](OC(=O)CC1=C(C)CCC2C(C)(C)CCCC12C)c1ccccc1. The Labute approximate surface area is 174 Å². The Morgan fingerprint density at radius 1 is 1.14 bits per heavy atom. The number of rotatable bonds is 5. The highest BCUT2D eigenvalue weighted by atomic mass is 16.6. The first-order chi connectivity index (χ1) is 13.7. The fraction of sp³-hybridized carbons (Fsp3) is 0.600. The maximum Gasteiger partial charge on any atom is 0.351 e. The summed E-state index contributed by atoms with van der Waals surface area (Å²) in [6.07, 6.45) is 4.97. The standard InChI is InChI=1S/C25H34O4/c1-17-12-13-20-24(2,3)14-9-15-25(20,4)19(17)16-21(26)29-22(23(27)28-5)18-10-7-6-8-11-18/h6-8,10-11,20,22H,9,12-16H2,1-5H3/t20?,22-,25?/m0/s1. The number of hydrogen-bond acceptors (Lipinski definition) is 4. The van der Waals surface area contributed by atoms with Gasteiger partial charge in [0.2, 0.25) is 6.10 Å². The van der Waals surface area contributed by atoms with Crippen LogP contribution in [0.3, 0.4) is 0 Å². The van der Waals surface area contributed by atoms with Crippen LogP contribution >= 0.6 is 0 Å². The van der Waals surface area contributed by atoms with Gasteiger partial charge in [-0.3, -0.25) is 4.79 Å². The fourth-order valence-corrected chi connectivity index (χ4v) is 5.85. The molecule has 29 heavy (non-hydrogen) atoms. The van der Waals surface area contributed by atoms with Crippen molar-refractivity contribution >= 4 is 11.9 Å². The second kappa shape index (κ2) is 8.33. The first-order valence-electron chi connectivity index (χ1n) is 10.7. The van der Waals surface area contributed by atoms with Gasteiger partial charge in [-0.2, -0.15) is 0 Å². The first-order valence-corrected chi connectivity index (χ1v) is 10.7. The summed E-state index contributed by atoms with van der Waals surface area (Å²) in [5, 5.41) is 0. The Kier molecular flexibility index (Phi) is 6.21. The molecule has 2 aliphatic rings. The van der Waals surface area contributed by atoms with E-state index < -0.39 is 12.1 Å². The predicted molar refractivity (Wildman–Crippen MR) is 113 cm³/mol. The van der Waals surface area contributed by atoms with Crippen molar-refractivity contribution in [2.24, 2.45) is 16.7 Å². The molecule has 0 heterocycles. The molecule has 0 aromatic heterocycles. The minimum Gasteiger partial charge on any atom is -0.466 e. The van der Waals surface area contributed by atoms with E-state index in [0.717, 1.165) is 12.8 Å². The van der Waals surface area contributed by atoms with Gasteiger partial charge in [0.15, 0.2) is 0 Å². The Balaban J connectivity index is 1.82. The molecule has 1 aromatic carbocycles. The van der Waals surface area contributed by atoms with E-state index in [9.17, 15) is 9.59 Å². The highest BCUT2D eigenvalue weighted by Crippen LogP contribution is 2.60. The second-order valence-electron chi connectivity index (χ2n) is 9.59. The van der Waals surface area contributed by atoms with E-state index in [1.165, 1.54) is 37.5 Å². The fourth-order valence-electron chi connectivity index (χ4n) is 5.85. The van der Waals surface area contributed by atoms with E-state index in [4.69, 9.17) is 9.47 Å². The van der Waals surface area contributed by atoms with Gasteiger partial charge in [0, 0.05) is 5.56 Å². The second-order valence-corrected chi connectivity index (χ2v) is 9.59. The molecule has 0 saturated heterocycles. The quantitative estimate of drug-likeness (QED) is 0.466. The van der Waals surface area contributed by atoms with Crippen molar-refractivity contribution in [1.29, 1.82) is 0 Å². The molecule has 0 aliphatic heterocycles. The summed E-state index contributed by atoms with van der Waals surface area (Å²) in [5.74, 6) is -0.341. The molecule has 4 heteroatoms. The zero-order valence-electron chi connectivity index (χ0n) is 18.4. The van der Waals surface area contributed by atoms with Crippen molar-refractivity contribution in [3.63, 3.8) is 0 Å². The number of carbonyl (C=O) groups is 2. The Morgan fingerprint density at radius 3 is 2.48 bits per heavy atom. The minimum absolute atomic E-state index is 0.0244. The molecule has 1 saturated carbocycles. The van der Waals surface area contributed by atoms with E-state index >= 15 is 0 Å². The summed E-state index contributed by atoms with van der Waals surface area (Å²) in [7, 11) is 1.32. The van der Waals surface area contributed by atoms with Crippen LogP contribution < -0.4 is 0 Å². The molecule has 0 N–H and O–H groups in total. The van der Waals surface area contributed by atoms with Crippen LogP contribution in [0.25, 0.3) is 0 Å². The monoisotopic (exact) mass is 398 g/mol. The van der Waals surface area contributed by atoms with E-state index in [-0.39, 0.29) is 23.2 Å². The van der Waals surface area contributed by atoms with Crippen molar-refractivity contribution in [2.75, 3.05) is 7.11 Å². The molecule has 4 nitrogen and oxygen atoms in total. The average Bonchev–Trinajstić information content (AvgIpc) is 2.68. The van der Waals surface area contributed by atoms with Gasteiger partial charge in [-0.25, -0.2) is 4.79 Å². The van der Waals surface area contributed by atoms with Gasteiger partial charge in [0.1, 0.15) is 0 Å². The van der Waals surface area contributed by atoms with Gasteiger partial charge < -0.3 is 9.47 Å². The third kappa shape index (κ3) is 4.26. The smallest absolute Gasteiger partial charge is 0.351 e. The van der Waals surface area contributed by atoms with Crippen molar-refractivity contribution in [3.8, 4) is 0 Å². The van der Waals surface area contributed by atoms with Crippen molar-refractivity contribution in [1.82, 2.24) is 0 Å². The molecule has 0 spiro atoms. The van der Waals surface area contributed by atoms with Crippen LogP contribution in [0, 0.1) is 16.7 Å². The molecule has 0 amide bonds. The molecule has 2 aliphatic carbocycles. The lowest BCUT2D eigenvalue weighted by Gasteiger charge is -2.55. The van der Waals surface area contributed by atoms with E-state index in [1.54, 1.807) is 12.1 Å². The number of esters is 2. The summed E-state index contributed by atoms with van der Waals surface area (Å²) in [6.45, 7) is 9.22. The highest BCUT2D eigenvalue weighted by molar-refractivity contribution is 5.81. The molecule has 3 atom stereocenters. The van der Waals surface area contributed by atoms with Crippen LogP contribution in [0.4, 0.5) is 0 Å². The van der Waals surface area contributed by atoms with Crippen LogP contribution in [-0.4, -0.2) is 19.0 Å². The van der Waals surface area contributed by atoms with Gasteiger partial charge in [-0.1, -0.05) is 68.7 Å². The number of allylic oxidation sites excluding steroid dienone is 1. The summed E-state index contributed by atoms with van der Waals surface area (Å²) >= 11 is 0. The lowest BCUT2D eigenvalue weighted by atomic mass is 9.50. The number of methoxy groups -OCH3 is 1. The van der Waals surface area contributed by atoms with Crippen LogP contribution in [0.15, 0.2) is 41.5 Å². The molecular weight excluding hydrogens is 364 g/mol. The number of ether oxygens (including phenoxy) is 2. The predicted octanol–water partition coefficient (Wildman–Crippen LogP) is 5.78. The molecule has 1 fully saturated rings. The zero-order valence-corrected chi connectivity index (χ0v) is 18.4. The number of carbonyl (C=O) groups excluding carboxylic acids is 2. The highest BCUT2D eigenvalue weighted by Gasteiger charge is 2.50. The summed E-state index contributed by atoms with van der Waals surface area (Å²) < 4.78 is 10.6. The third-order valence-corrected chi connectivity index (χ3v) is 7.33. The van der Waals surface area contributed by atoms with Gasteiger partial charge in [-0.05, 0) is 49.4 Å². The van der Waals surface area contributed by atoms with Gasteiger partial charge >= 0.3 is 11.9 Å². The molecule has 2 unspecified atom stereocenters. The zero-order chi connectivity index (χ0) is 21.2. The lowest BCUT2D eigenvalue weighted by Crippen LogP contribution is -2.46. The molecule has 158 valence electrons. The van der Waals surface area contributed by atoms with Crippen LogP contribution in [0.5, 0.6) is 0 Å². The third-order valence-electron chi connectivity index (χ3n) is 7.33. The van der Waals surface area contributed by atoms with E-state index in [0.29, 0.717) is 11.5 Å². The van der Waals surface area contributed by atoms with E-state index in [2.05, 4.69) is 27.7 Å². The summed E-state index contributed by atoms with van der Waals surface area (Å²) in [6, 6.07) is 9.06. The minimum atomic E-state index is -1.02. The van der Waals surface area contributed by atoms with Crippen molar-refractivity contribution < 1.29 is 19.1 Å². The van der Waals surface area contributed by atoms with Gasteiger partial charge in [0.25, 0.3) is 0 Å². The van der Waals surface area contributed by atoms with Crippen molar-refractivity contribution in [2.45, 2.75) is 72.3 Å². The van der Waals surface area contributed by atoms with Crippen LogP contribution in [-0.2, 0) is 19.1 Å². The normalized spacial score (nSPS) is 27.0.